The molecule has 0 saturated carbocycles. The molecule has 0 aromatic heterocycles. The fourth-order valence-corrected chi connectivity index (χ4v) is 5.83. The lowest BCUT2D eigenvalue weighted by Gasteiger charge is -2.35. The summed E-state index contributed by atoms with van der Waals surface area (Å²) in [6, 6.07) is 4.46. The van der Waals surface area contributed by atoms with E-state index in [9.17, 15) is 12.8 Å². The molecule has 0 N–H and O–H groups in total. The zero-order valence-corrected chi connectivity index (χ0v) is 14.4. The fraction of sp³-hybridized carbons (Fsp3) is 0.571. The Morgan fingerprint density at radius 1 is 1.29 bits per heavy atom. The van der Waals surface area contributed by atoms with Gasteiger partial charge in [-0.3, -0.25) is 0 Å². The SMILES string of the molecule is O=S1(=O)CCC(C(CCl)(CCl)Cc2ccc(Cl)cc2F)C1. The molecule has 1 fully saturated rings. The van der Waals surface area contributed by atoms with E-state index in [1.807, 2.05) is 0 Å². The Morgan fingerprint density at radius 2 is 1.95 bits per heavy atom. The summed E-state index contributed by atoms with van der Waals surface area (Å²) in [5.74, 6) is 0.0469. The summed E-state index contributed by atoms with van der Waals surface area (Å²) in [7, 11) is -3.04. The van der Waals surface area contributed by atoms with Crippen LogP contribution in [0.25, 0.3) is 0 Å². The molecule has 21 heavy (non-hydrogen) atoms. The molecule has 7 heteroatoms. The summed E-state index contributed by atoms with van der Waals surface area (Å²) < 4.78 is 37.4. The van der Waals surface area contributed by atoms with Gasteiger partial charge in [-0.1, -0.05) is 17.7 Å². The normalized spacial score (nSPS) is 21.6. The Labute approximate surface area is 139 Å². The number of rotatable bonds is 5. The van der Waals surface area contributed by atoms with Gasteiger partial charge in [0, 0.05) is 22.2 Å². The molecule has 2 rings (SSSR count). The highest BCUT2D eigenvalue weighted by atomic mass is 35.5. The van der Waals surface area contributed by atoms with Crippen molar-refractivity contribution in [2.75, 3.05) is 23.3 Å². The molecule has 2 nitrogen and oxygen atoms in total. The Hall–Kier alpha value is -0.0300. The summed E-state index contributed by atoms with van der Waals surface area (Å²) in [4.78, 5) is 0. The van der Waals surface area contributed by atoms with Gasteiger partial charge in [-0.25, -0.2) is 12.8 Å². The minimum Gasteiger partial charge on any atom is -0.229 e. The smallest absolute Gasteiger partial charge is 0.150 e. The number of benzene rings is 1. The van der Waals surface area contributed by atoms with Crippen LogP contribution in [0.15, 0.2) is 18.2 Å². The maximum absolute atomic E-state index is 14.0. The molecule has 1 atom stereocenters. The van der Waals surface area contributed by atoms with Crippen LogP contribution in [0.2, 0.25) is 5.02 Å². The lowest BCUT2D eigenvalue weighted by atomic mass is 9.73. The van der Waals surface area contributed by atoms with Gasteiger partial charge in [0.05, 0.1) is 11.5 Å². The van der Waals surface area contributed by atoms with Gasteiger partial charge in [-0.2, -0.15) is 0 Å². The molecular weight excluding hydrogens is 358 g/mol. The topological polar surface area (TPSA) is 34.1 Å². The molecule has 0 amide bonds. The van der Waals surface area contributed by atoms with E-state index in [0.29, 0.717) is 23.4 Å². The first-order valence-electron chi connectivity index (χ1n) is 6.58. The maximum atomic E-state index is 14.0. The first-order valence-corrected chi connectivity index (χ1v) is 9.85. The number of halogens is 4. The van der Waals surface area contributed by atoms with E-state index in [-0.39, 0.29) is 29.2 Å². The highest BCUT2D eigenvalue weighted by Crippen LogP contribution is 2.41. The zero-order valence-electron chi connectivity index (χ0n) is 11.3. The molecule has 1 saturated heterocycles. The quantitative estimate of drug-likeness (QED) is 0.733. The summed E-state index contributed by atoms with van der Waals surface area (Å²) in [5.41, 5.74) is -0.161. The van der Waals surface area contributed by atoms with Crippen LogP contribution in [-0.4, -0.2) is 31.7 Å². The number of alkyl halides is 2. The molecule has 0 spiro atoms. The largest absolute Gasteiger partial charge is 0.229 e. The van der Waals surface area contributed by atoms with Gasteiger partial charge in [0.2, 0.25) is 0 Å². The molecule has 1 aromatic rings. The third-order valence-corrected chi connectivity index (χ3v) is 7.26. The minimum atomic E-state index is -3.04. The maximum Gasteiger partial charge on any atom is 0.150 e. The van der Waals surface area contributed by atoms with Gasteiger partial charge < -0.3 is 0 Å². The third kappa shape index (κ3) is 3.84. The van der Waals surface area contributed by atoms with Gasteiger partial charge in [0.1, 0.15) is 5.82 Å². The average molecular weight is 374 g/mol. The monoisotopic (exact) mass is 372 g/mol. The molecular formula is C14H16Cl3FO2S. The van der Waals surface area contributed by atoms with Gasteiger partial charge in [-0.05, 0) is 36.5 Å². The van der Waals surface area contributed by atoms with Gasteiger partial charge in [0.25, 0.3) is 0 Å². The van der Waals surface area contributed by atoms with Crippen molar-refractivity contribution < 1.29 is 12.8 Å². The van der Waals surface area contributed by atoms with Crippen molar-refractivity contribution in [1.29, 1.82) is 0 Å². The van der Waals surface area contributed by atoms with E-state index in [0.717, 1.165) is 0 Å². The van der Waals surface area contributed by atoms with Crippen LogP contribution in [0.1, 0.15) is 12.0 Å². The Bertz CT molecular complexity index is 615. The molecule has 0 bridgehead atoms. The van der Waals surface area contributed by atoms with E-state index < -0.39 is 21.1 Å². The van der Waals surface area contributed by atoms with Crippen molar-refractivity contribution in [2.45, 2.75) is 12.8 Å². The predicted octanol–water partition coefficient (Wildman–Crippen LogP) is 3.92. The summed E-state index contributed by atoms with van der Waals surface area (Å²) >= 11 is 18.0. The minimum absolute atomic E-state index is 0.0711. The molecule has 1 unspecified atom stereocenters. The van der Waals surface area contributed by atoms with Crippen molar-refractivity contribution in [3.05, 3.63) is 34.6 Å². The lowest BCUT2D eigenvalue weighted by molar-refractivity contribution is 0.242. The van der Waals surface area contributed by atoms with Gasteiger partial charge >= 0.3 is 0 Å². The van der Waals surface area contributed by atoms with Crippen LogP contribution < -0.4 is 0 Å². The van der Waals surface area contributed by atoms with Crippen molar-refractivity contribution in [1.82, 2.24) is 0 Å². The van der Waals surface area contributed by atoms with Crippen molar-refractivity contribution in [3.63, 3.8) is 0 Å². The summed E-state index contributed by atoms with van der Waals surface area (Å²) in [5, 5.41) is 0.321. The highest BCUT2D eigenvalue weighted by Gasteiger charge is 2.44. The van der Waals surface area contributed by atoms with Gasteiger partial charge in [0.15, 0.2) is 9.84 Å². The summed E-state index contributed by atoms with van der Waals surface area (Å²) in [6.45, 7) is 0. The first-order chi connectivity index (χ1) is 9.82. The number of hydrogen-bond donors (Lipinski definition) is 0. The Morgan fingerprint density at radius 3 is 2.43 bits per heavy atom. The van der Waals surface area contributed by atoms with E-state index >= 15 is 0 Å². The number of sulfone groups is 1. The molecule has 118 valence electrons. The predicted molar refractivity (Wildman–Crippen MR) is 85.7 cm³/mol. The van der Waals surface area contributed by atoms with Crippen molar-refractivity contribution in [2.24, 2.45) is 11.3 Å². The van der Waals surface area contributed by atoms with Crippen LogP contribution in [-0.2, 0) is 16.3 Å². The second-order valence-corrected chi connectivity index (χ2v) is 8.84. The van der Waals surface area contributed by atoms with Crippen LogP contribution in [0, 0.1) is 17.2 Å². The van der Waals surface area contributed by atoms with E-state index in [1.165, 1.54) is 6.07 Å². The standard InChI is InChI=1S/C14H16Cl3FO2S/c15-8-14(9-16,11-3-4-21(19,20)7-11)6-10-1-2-12(17)5-13(10)18/h1-2,5,11H,3-4,6-9H2. The van der Waals surface area contributed by atoms with Crippen molar-refractivity contribution >= 4 is 44.6 Å². The van der Waals surface area contributed by atoms with Crippen LogP contribution in [0.5, 0.6) is 0 Å². The molecule has 1 heterocycles. The Balaban J connectivity index is 2.30. The molecule has 1 aromatic carbocycles. The second-order valence-electron chi connectivity index (χ2n) is 5.64. The fourth-order valence-electron chi connectivity index (χ4n) is 2.82. The lowest BCUT2D eigenvalue weighted by Crippen LogP contribution is -2.38. The molecule has 1 aliphatic heterocycles. The van der Waals surface area contributed by atoms with Crippen LogP contribution >= 0.6 is 34.8 Å². The van der Waals surface area contributed by atoms with E-state index in [4.69, 9.17) is 34.8 Å². The average Bonchev–Trinajstić information content (AvgIpc) is 2.79. The molecule has 0 aliphatic carbocycles. The van der Waals surface area contributed by atoms with E-state index in [2.05, 4.69) is 0 Å². The van der Waals surface area contributed by atoms with Crippen LogP contribution in [0.4, 0.5) is 4.39 Å². The van der Waals surface area contributed by atoms with Gasteiger partial charge in [-0.15, -0.1) is 23.2 Å². The third-order valence-electron chi connectivity index (χ3n) is 4.19. The molecule has 1 aliphatic rings. The highest BCUT2D eigenvalue weighted by molar-refractivity contribution is 7.91. The van der Waals surface area contributed by atoms with Crippen molar-refractivity contribution in [3.8, 4) is 0 Å². The first kappa shape index (κ1) is 17.3. The summed E-state index contributed by atoms with van der Waals surface area (Å²) in [6.07, 6.45) is 0.834. The zero-order chi connectivity index (χ0) is 15.7. The molecule has 0 radical (unpaired) electrons. The second kappa shape index (κ2) is 6.61. The number of hydrogen-bond acceptors (Lipinski definition) is 2. The van der Waals surface area contributed by atoms with Crippen LogP contribution in [0.3, 0.4) is 0 Å². The van der Waals surface area contributed by atoms with E-state index in [1.54, 1.807) is 12.1 Å². The Kier molecular flexibility index (Phi) is 5.45.